The number of amides is 1. The van der Waals surface area contributed by atoms with Crippen LogP contribution in [-0.4, -0.2) is 19.1 Å². The smallest absolute Gasteiger partial charge is 0.248 e. The summed E-state index contributed by atoms with van der Waals surface area (Å²) in [4.78, 5) is 11.0. The Kier molecular flexibility index (Phi) is 14.1. The van der Waals surface area contributed by atoms with Crippen molar-refractivity contribution in [1.82, 2.24) is 5.43 Å². The fourth-order valence-electron chi connectivity index (χ4n) is 2.10. The lowest BCUT2D eigenvalue weighted by Gasteiger charge is -2.24. The minimum absolute atomic E-state index is 0.439. The van der Waals surface area contributed by atoms with E-state index in [1.165, 1.54) is 5.12 Å². The molecular formula is C23H33N5O2. The lowest BCUT2D eigenvalue weighted by molar-refractivity contribution is 0.1000. The van der Waals surface area contributed by atoms with E-state index in [-0.39, 0.29) is 0 Å². The second-order valence-electron chi connectivity index (χ2n) is 6.41. The fourth-order valence-corrected chi connectivity index (χ4v) is 2.10. The highest BCUT2D eigenvalue weighted by atomic mass is 16.5. The molecule has 2 aromatic carbocycles. The number of hydrogen-bond acceptors (Lipinski definition) is 6. The second kappa shape index (κ2) is 15.7. The Morgan fingerprint density at radius 3 is 2.20 bits per heavy atom. The maximum atomic E-state index is 11.0. The molecular weight excluding hydrogens is 378 g/mol. The zero-order valence-corrected chi connectivity index (χ0v) is 17.8. The van der Waals surface area contributed by atoms with Crippen LogP contribution in [0.15, 0.2) is 67.8 Å². The predicted molar refractivity (Wildman–Crippen MR) is 124 cm³/mol. The van der Waals surface area contributed by atoms with Crippen LogP contribution in [-0.2, 0) is 4.74 Å². The zero-order valence-electron chi connectivity index (χ0n) is 17.8. The molecule has 0 heterocycles. The molecule has 0 aromatic heterocycles. The van der Waals surface area contributed by atoms with Crippen LogP contribution in [0.2, 0.25) is 0 Å². The maximum Gasteiger partial charge on any atom is 0.248 e. The van der Waals surface area contributed by atoms with E-state index in [1.807, 2.05) is 30.3 Å². The Balaban J connectivity index is 0.000000712. The van der Waals surface area contributed by atoms with Crippen LogP contribution in [0, 0.1) is 18.3 Å². The average molecular weight is 412 g/mol. The van der Waals surface area contributed by atoms with E-state index in [0.717, 1.165) is 17.9 Å². The van der Waals surface area contributed by atoms with Gasteiger partial charge in [0.1, 0.15) is 6.61 Å². The molecule has 2 aromatic rings. The number of primary amides is 1. The predicted octanol–water partition coefficient (Wildman–Crippen LogP) is 2.72. The van der Waals surface area contributed by atoms with Gasteiger partial charge in [-0.15, -0.1) is 19.6 Å². The lowest BCUT2D eigenvalue weighted by Crippen LogP contribution is -2.48. The number of carbonyl (C=O) groups excluding carboxylic acids is 1. The van der Waals surface area contributed by atoms with E-state index in [0.29, 0.717) is 18.1 Å². The summed E-state index contributed by atoms with van der Waals surface area (Å²) in [5, 5.41) is 1.35. The van der Waals surface area contributed by atoms with E-state index < -0.39 is 12.1 Å². The summed E-state index contributed by atoms with van der Waals surface area (Å²) in [6, 6.07) is 16.1. The molecule has 0 aliphatic heterocycles. The third-order valence-corrected chi connectivity index (χ3v) is 3.50. The molecule has 0 saturated carbocycles. The Morgan fingerprint density at radius 1 is 1.17 bits per heavy atom. The van der Waals surface area contributed by atoms with Crippen molar-refractivity contribution in [2.24, 2.45) is 23.2 Å². The molecule has 30 heavy (non-hydrogen) atoms. The summed E-state index contributed by atoms with van der Waals surface area (Å²) in [7, 11) is 0. The van der Waals surface area contributed by atoms with Gasteiger partial charge in [-0.25, -0.2) is 11.0 Å². The second-order valence-corrected chi connectivity index (χ2v) is 6.41. The summed E-state index contributed by atoms with van der Waals surface area (Å²) in [6.07, 6.45) is 4.44. The largest absolute Gasteiger partial charge is 0.369 e. The highest BCUT2D eigenvalue weighted by Gasteiger charge is 2.10. The lowest BCUT2D eigenvalue weighted by atomic mass is 10.1. The number of hydrogen-bond donors (Lipinski definition) is 4. The van der Waals surface area contributed by atoms with Gasteiger partial charge in [0, 0.05) is 5.56 Å². The number of rotatable bonds is 8. The van der Waals surface area contributed by atoms with E-state index in [2.05, 4.69) is 38.4 Å². The Morgan fingerprint density at radius 2 is 1.73 bits per heavy atom. The molecule has 0 saturated heterocycles. The van der Waals surface area contributed by atoms with E-state index in [4.69, 9.17) is 28.5 Å². The summed E-state index contributed by atoms with van der Waals surface area (Å²) < 4.78 is 5.01. The van der Waals surface area contributed by atoms with Gasteiger partial charge in [0.2, 0.25) is 5.91 Å². The van der Waals surface area contributed by atoms with Crippen LogP contribution in [0.4, 0.5) is 5.69 Å². The highest BCUT2D eigenvalue weighted by molar-refractivity contribution is 5.92. The van der Waals surface area contributed by atoms with Gasteiger partial charge in [-0.2, -0.15) is 5.43 Å². The molecule has 0 fully saturated rings. The molecule has 0 aliphatic rings. The zero-order chi connectivity index (χ0) is 22.9. The van der Waals surface area contributed by atoms with Gasteiger partial charge in [0.15, 0.2) is 0 Å². The molecule has 0 bridgehead atoms. The Bertz CT molecular complexity index is 757. The first-order valence-electron chi connectivity index (χ1n) is 9.37. The maximum absolute atomic E-state index is 11.0. The molecule has 7 nitrogen and oxygen atoms in total. The molecule has 0 aliphatic carbocycles. The van der Waals surface area contributed by atoms with Gasteiger partial charge in [0.05, 0.1) is 18.5 Å². The van der Waals surface area contributed by atoms with Crippen molar-refractivity contribution in [3.05, 3.63) is 78.9 Å². The standard InChI is InChI=1S/C14H17N5O.C7H12O.C2H4/c15-13(10-6-8-11(9-7-10)14(16)20)18-19(17)12-4-2-1-3-5-12;1-4-5-8-6-7(2)3;1-2/h1-9,13,18H,15,17H2,(H2,16,20);1,7H,5-6H2,2-3H3;1-2H2. The molecule has 1 atom stereocenters. The number of benzene rings is 2. The van der Waals surface area contributed by atoms with E-state index in [9.17, 15) is 4.79 Å². The molecule has 1 amide bonds. The number of ether oxygens (including phenoxy) is 1. The first-order chi connectivity index (χ1) is 14.3. The quantitative estimate of drug-likeness (QED) is 0.132. The van der Waals surface area contributed by atoms with Crippen LogP contribution in [0.25, 0.3) is 0 Å². The number of para-hydroxylation sites is 1. The molecule has 7 heteroatoms. The van der Waals surface area contributed by atoms with Crippen LogP contribution >= 0.6 is 0 Å². The monoisotopic (exact) mass is 411 g/mol. The van der Waals surface area contributed by atoms with Crippen molar-refractivity contribution in [3.8, 4) is 12.3 Å². The fraction of sp³-hybridized carbons (Fsp3) is 0.261. The van der Waals surface area contributed by atoms with Gasteiger partial charge < -0.3 is 16.2 Å². The molecule has 0 spiro atoms. The Hall–Kier alpha value is -3.15. The molecule has 2 rings (SSSR count). The number of hydrazine groups is 2. The SMILES string of the molecule is C#CCOCC(C)C.C=C.NC(=O)c1ccc(C(N)NN(N)c2ccccc2)cc1. The van der Waals surface area contributed by atoms with Crippen LogP contribution in [0.3, 0.4) is 0 Å². The number of nitrogens with zero attached hydrogens (tertiary/aromatic N) is 1. The molecule has 1 unspecified atom stereocenters. The topological polar surface area (TPSA) is 120 Å². The van der Waals surface area contributed by atoms with Crippen molar-refractivity contribution >= 4 is 11.6 Å². The minimum atomic E-state index is -0.498. The number of carbonyl (C=O) groups is 1. The van der Waals surface area contributed by atoms with Crippen LogP contribution < -0.4 is 27.9 Å². The van der Waals surface area contributed by atoms with Crippen molar-refractivity contribution in [2.75, 3.05) is 18.3 Å². The first-order valence-corrected chi connectivity index (χ1v) is 9.37. The van der Waals surface area contributed by atoms with Crippen LogP contribution in [0.5, 0.6) is 0 Å². The van der Waals surface area contributed by atoms with Gasteiger partial charge >= 0.3 is 0 Å². The summed E-state index contributed by atoms with van der Waals surface area (Å²) in [5.74, 6) is 8.40. The molecule has 162 valence electrons. The van der Waals surface area contributed by atoms with Crippen molar-refractivity contribution in [1.29, 1.82) is 0 Å². The van der Waals surface area contributed by atoms with Gasteiger partial charge in [-0.1, -0.05) is 50.1 Å². The van der Waals surface area contributed by atoms with Crippen molar-refractivity contribution < 1.29 is 9.53 Å². The summed E-state index contributed by atoms with van der Waals surface area (Å²) in [6.45, 7) is 11.4. The minimum Gasteiger partial charge on any atom is -0.369 e. The number of anilines is 1. The van der Waals surface area contributed by atoms with Gasteiger partial charge in [0.25, 0.3) is 0 Å². The molecule has 0 radical (unpaired) electrons. The number of terminal acetylenes is 1. The number of nitrogens with two attached hydrogens (primary N) is 3. The third-order valence-electron chi connectivity index (χ3n) is 3.50. The van der Waals surface area contributed by atoms with Gasteiger partial charge in [-0.05, 0) is 35.7 Å². The molecule has 7 N–H and O–H groups in total. The summed E-state index contributed by atoms with van der Waals surface area (Å²) >= 11 is 0. The normalized spacial score (nSPS) is 10.5. The van der Waals surface area contributed by atoms with E-state index in [1.54, 1.807) is 24.3 Å². The summed E-state index contributed by atoms with van der Waals surface area (Å²) in [5.41, 5.74) is 16.1. The van der Waals surface area contributed by atoms with Crippen LogP contribution in [0.1, 0.15) is 35.9 Å². The van der Waals surface area contributed by atoms with E-state index >= 15 is 0 Å². The Labute approximate surface area is 179 Å². The third kappa shape index (κ3) is 11.0. The van der Waals surface area contributed by atoms with Crippen molar-refractivity contribution in [3.63, 3.8) is 0 Å². The first kappa shape index (κ1) is 26.9. The van der Waals surface area contributed by atoms with Gasteiger partial charge in [-0.3, -0.25) is 4.79 Å². The van der Waals surface area contributed by atoms with Crippen molar-refractivity contribution in [2.45, 2.75) is 20.0 Å². The highest BCUT2D eigenvalue weighted by Crippen LogP contribution is 2.12. The number of nitrogens with one attached hydrogen (secondary N) is 1. The average Bonchev–Trinajstić information content (AvgIpc) is 2.76.